The fourth-order valence-electron chi connectivity index (χ4n) is 3.65. The number of hydrogen-bond donors (Lipinski definition) is 0. The molecule has 1 aromatic carbocycles. The van der Waals surface area contributed by atoms with Crippen LogP contribution in [-0.4, -0.2) is 49.1 Å². The molecule has 4 rings (SSSR count). The number of thiazole rings is 1. The van der Waals surface area contributed by atoms with Crippen LogP contribution in [0.25, 0.3) is 5.69 Å². The maximum atomic E-state index is 12.5. The fourth-order valence-corrected chi connectivity index (χ4v) is 4.63. The van der Waals surface area contributed by atoms with Gasteiger partial charge in [-0.05, 0) is 52.9 Å². The first-order valence-corrected chi connectivity index (χ1v) is 11.4. The Labute approximate surface area is 186 Å². The Morgan fingerprint density at radius 3 is 2.58 bits per heavy atom. The molecule has 1 amide bonds. The third-order valence-electron chi connectivity index (χ3n) is 5.28. The Morgan fingerprint density at radius 2 is 1.94 bits per heavy atom. The van der Waals surface area contributed by atoms with Crippen molar-refractivity contribution in [1.29, 1.82) is 0 Å². The van der Waals surface area contributed by atoms with Gasteiger partial charge < -0.3 is 9.64 Å². The lowest BCUT2D eigenvalue weighted by Crippen LogP contribution is -2.39. The zero-order chi connectivity index (χ0) is 21.8. The van der Waals surface area contributed by atoms with Gasteiger partial charge in [0.25, 0.3) is 0 Å². The van der Waals surface area contributed by atoms with E-state index in [4.69, 9.17) is 9.72 Å². The minimum absolute atomic E-state index is 0.0338. The first-order chi connectivity index (χ1) is 14.9. The smallest absolute Gasteiger partial charge is 0.223 e. The number of aromatic nitrogens is 5. The second kappa shape index (κ2) is 9.13. The van der Waals surface area contributed by atoms with Gasteiger partial charge in [0.05, 0.1) is 16.4 Å². The predicted molar refractivity (Wildman–Crippen MR) is 118 cm³/mol. The Kier molecular flexibility index (Phi) is 6.31. The molecule has 1 saturated heterocycles. The molecule has 0 N–H and O–H groups in total. The molecule has 8 nitrogen and oxygen atoms in total. The Morgan fingerprint density at radius 1 is 1.19 bits per heavy atom. The molecular formula is C22H28N6O2S. The summed E-state index contributed by atoms with van der Waals surface area (Å²) in [6.45, 7) is 8.40. The van der Waals surface area contributed by atoms with Crippen molar-refractivity contribution in [3.63, 3.8) is 0 Å². The highest BCUT2D eigenvalue weighted by Gasteiger charge is 2.27. The summed E-state index contributed by atoms with van der Waals surface area (Å²) >= 11 is 1.69. The maximum absolute atomic E-state index is 12.5. The summed E-state index contributed by atoms with van der Waals surface area (Å²) in [5, 5.41) is 14.4. The van der Waals surface area contributed by atoms with E-state index in [0.717, 1.165) is 48.1 Å². The van der Waals surface area contributed by atoms with E-state index in [0.29, 0.717) is 18.9 Å². The average molecular weight is 441 g/mol. The third-order valence-corrected chi connectivity index (χ3v) is 6.34. The number of tetrazole rings is 1. The molecule has 3 aromatic rings. The number of likely N-dealkylation sites (tertiary alicyclic amines) is 1. The lowest BCUT2D eigenvalue weighted by atomic mass is 9.90. The monoisotopic (exact) mass is 440 g/mol. The highest BCUT2D eigenvalue weighted by molar-refractivity contribution is 7.09. The highest BCUT2D eigenvalue weighted by atomic mass is 32.1. The second-order valence-corrected chi connectivity index (χ2v) is 10.00. The normalized spacial score (nSPS) is 15.3. The van der Waals surface area contributed by atoms with Crippen molar-refractivity contribution in [2.24, 2.45) is 5.41 Å². The lowest BCUT2D eigenvalue weighted by molar-refractivity contribution is -0.134. The molecule has 9 heteroatoms. The number of piperidine rings is 1. The summed E-state index contributed by atoms with van der Waals surface area (Å²) in [7, 11) is 0. The van der Waals surface area contributed by atoms with E-state index >= 15 is 0 Å². The van der Waals surface area contributed by atoms with Crippen LogP contribution >= 0.6 is 11.3 Å². The molecule has 1 fully saturated rings. The van der Waals surface area contributed by atoms with Gasteiger partial charge in [-0.1, -0.05) is 20.8 Å². The zero-order valence-electron chi connectivity index (χ0n) is 18.2. The number of ether oxygens (including phenoxy) is 1. The molecule has 0 spiro atoms. The standard InChI is InChI=1S/C22H28N6O2S/c1-22(2,3)12-20(29)27-10-8-16(9-11-27)21-24-17(14-31-21)13-30-19-6-4-18(5-7-19)28-15-23-25-26-28/h4-7,14-16H,8-13H2,1-3H3. The number of rotatable bonds is 6. The highest BCUT2D eigenvalue weighted by Crippen LogP contribution is 2.31. The molecule has 31 heavy (non-hydrogen) atoms. The summed E-state index contributed by atoms with van der Waals surface area (Å²) in [5.74, 6) is 1.47. The van der Waals surface area contributed by atoms with Gasteiger partial charge in [0.1, 0.15) is 18.7 Å². The molecule has 1 aliphatic heterocycles. The van der Waals surface area contributed by atoms with Crippen LogP contribution in [0.1, 0.15) is 56.7 Å². The van der Waals surface area contributed by atoms with Gasteiger partial charge in [0.15, 0.2) is 0 Å². The van der Waals surface area contributed by atoms with Crippen molar-refractivity contribution in [1.82, 2.24) is 30.1 Å². The van der Waals surface area contributed by atoms with E-state index in [2.05, 4.69) is 41.7 Å². The number of hydrogen-bond acceptors (Lipinski definition) is 7. The molecule has 2 aromatic heterocycles. The van der Waals surface area contributed by atoms with Crippen molar-refractivity contribution >= 4 is 17.2 Å². The van der Waals surface area contributed by atoms with E-state index in [1.54, 1.807) is 22.3 Å². The molecule has 0 radical (unpaired) electrons. The fraction of sp³-hybridized carbons (Fsp3) is 0.500. The van der Waals surface area contributed by atoms with Crippen molar-refractivity contribution in [3.05, 3.63) is 46.7 Å². The summed E-state index contributed by atoms with van der Waals surface area (Å²) < 4.78 is 7.49. The van der Waals surface area contributed by atoms with E-state index < -0.39 is 0 Å². The van der Waals surface area contributed by atoms with Gasteiger partial charge in [-0.3, -0.25) is 4.79 Å². The van der Waals surface area contributed by atoms with Crippen molar-refractivity contribution < 1.29 is 9.53 Å². The summed E-state index contributed by atoms with van der Waals surface area (Å²) in [6.07, 6.45) is 4.11. The van der Waals surface area contributed by atoms with Gasteiger partial charge in [-0.25, -0.2) is 9.67 Å². The number of amides is 1. The van der Waals surface area contributed by atoms with E-state index in [-0.39, 0.29) is 11.3 Å². The average Bonchev–Trinajstić information content (AvgIpc) is 3.44. The first-order valence-electron chi connectivity index (χ1n) is 10.6. The van der Waals surface area contributed by atoms with Crippen LogP contribution < -0.4 is 4.74 Å². The van der Waals surface area contributed by atoms with Crippen molar-refractivity contribution in [2.45, 2.75) is 52.6 Å². The summed E-state index contributed by atoms with van der Waals surface area (Å²) in [6, 6.07) is 7.61. The minimum atomic E-state index is 0.0338. The van der Waals surface area contributed by atoms with Crippen LogP contribution in [0.2, 0.25) is 0 Å². The molecular weight excluding hydrogens is 412 g/mol. The summed E-state index contributed by atoms with van der Waals surface area (Å²) in [5.41, 5.74) is 1.85. The van der Waals surface area contributed by atoms with Crippen LogP contribution in [0.3, 0.4) is 0 Å². The van der Waals surface area contributed by atoms with Gasteiger partial charge >= 0.3 is 0 Å². The quantitative estimate of drug-likeness (QED) is 0.579. The largest absolute Gasteiger partial charge is 0.487 e. The molecule has 0 aliphatic carbocycles. The van der Waals surface area contributed by atoms with Crippen LogP contribution in [0.5, 0.6) is 5.75 Å². The number of carbonyl (C=O) groups excluding carboxylic acids is 1. The predicted octanol–water partition coefficient (Wildman–Crippen LogP) is 3.84. The van der Waals surface area contributed by atoms with Gasteiger partial charge in [-0.15, -0.1) is 16.4 Å². The van der Waals surface area contributed by atoms with Crippen LogP contribution in [0.15, 0.2) is 36.0 Å². The number of carbonyl (C=O) groups is 1. The zero-order valence-corrected chi connectivity index (χ0v) is 19.0. The SMILES string of the molecule is CC(C)(C)CC(=O)N1CCC(c2nc(COc3ccc(-n4cnnn4)cc3)cs2)CC1. The molecule has 0 atom stereocenters. The van der Waals surface area contributed by atoms with Crippen LogP contribution in [0.4, 0.5) is 0 Å². The first kappa shape index (κ1) is 21.4. The van der Waals surface area contributed by atoms with Crippen LogP contribution in [0, 0.1) is 5.41 Å². The van der Waals surface area contributed by atoms with Crippen molar-refractivity contribution in [3.8, 4) is 11.4 Å². The van der Waals surface area contributed by atoms with E-state index in [1.807, 2.05) is 29.2 Å². The molecule has 3 heterocycles. The third kappa shape index (κ3) is 5.66. The van der Waals surface area contributed by atoms with E-state index in [1.165, 1.54) is 0 Å². The molecule has 0 saturated carbocycles. The Hall–Kier alpha value is -2.81. The van der Waals surface area contributed by atoms with Crippen molar-refractivity contribution in [2.75, 3.05) is 13.1 Å². The van der Waals surface area contributed by atoms with E-state index in [9.17, 15) is 4.79 Å². The van der Waals surface area contributed by atoms with Gasteiger partial charge in [0.2, 0.25) is 5.91 Å². The molecule has 1 aliphatic rings. The second-order valence-electron chi connectivity index (χ2n) is 9.11. The maximum Gasteiger partial charge on any atom is 0.223 e. The number of benzene rings is 1. The summed E-state index contributed by atoms with van der Waals surface area (Å²) in [4.78, 5) is 19.3. The number of nitrogens with zero attached hydrogens (tertiary/aromatic N) is 6. The Balaban J connectivity index is 1.27. The molecule has 164 valence electrons. The molecule has 0 bridgehead atoms. The van der Waals surface area contributed by atoms with Gasteiger partial charge in [0, 0.05) is 30.8 Å². The molecule has 0 unspecified atom stereocenters. The van der Waals surface area contributed by atoms with Crippen LogP contribution in [-0.2, 0) is 11.4 Å². The topological polar surface area (TPSA) is 86.0 Å². The lowest BCUT2D eigenvalue weighted by Gasteiger charge is -2.33. The minimum Gasteiger partial charge on any atom is -0.487 e. The Bertz CT molecular complexity index is 986. The van der Waals surface area contributed by atoms with Gasteiger partial charge in [-0.2, -0.15) is 0 Å².